The van der Waals surface area contributed by atoms with Gasteiger partial charge < -0.3 is 14.6 Å². The molecule has 0 saturated carbocycles. The second kappa shape index (κ2) is 3.63. The molecule has 0 aromatic carbocycles. The molecule has 0 spiro atoms. The van der Waals surface area contributed by atoms with E-state index in [1.54, 1.807) is 12.4 Å². The van der Waals surface area contributed by atoms with Crippen LogP contribution in [-0.2, 0) is 6.42 Å². The molecule has 0 amide bonds. The molecule has 0 bridgehead atoms. The molecule has 0 aliphatic heterocycles. The van der Waals surface area contributed by atoms with Gasteiger partial charge in [0, 0.05) is 13.0 Å². The summed E-state index contributed by atoms with van der Waals surface area (Å²) >= 11 is 0. The predicted molar refractivity (Wildman–Crippen MR) is 49.5 cm³/mol. The first-order chi connectivity index (χ1) is 6.79. The van der Waals surface area contributed by atoms with Crippen LogP contribution in [0.2, 0.25) is 0 Å². The van der Waals surface area contributed by atoms with Gasteiger partial charge in [-0.2, -0.15) is 0 Å². The lowest BCUT2D eigenvalue weighted by molar-refractivity contribution is 0.471. The summed E-state index contributed by atoms with van der Waals surface area (Å²) in [4.78, 5) is 8.07. The zero-order valence-electron chi connectivity index (χ0n) is 7.86. The molecule has 0 aliphatic carbocycles. The normalized spacial score (nSPS) is 10.7. The largest absolute Gasteiger partial charge is 0.439 e. The molecule has 0 aliphatic rings. The van der Waals surface area contributed by atoms with E-state index in [0.717, 1.165) is 5.76 Å². The first kappa shape index (κ1) is 8.96. The van der Waals surface area contributed by atoms with Gasteiger partial charge in [-0.1, -0.05) is 0 Å². The minimum Gasteiger partial charge on any atom is -0.439 e. The highest BCUT2D eigenvalue weighted by Crippen LogP contribution is 2.19. The Kier molecular flexibility index (Phi) is 2.32. The summed E-state index contributed by atoms with van der Waals surface area (Å²) in [6, 6.07) is 0. The van der Waals surface area contributed by atoms with Gasteiger partial charge in [-0.3, -0.25) is 0 Å². The average Bonchev–Trinajstić information content (AvgIpc) is 2.74. The first-order valence-electron chi connectivity index (χ1n) is 4.37. The highest BCUT2D eigenvalue weighted by atomic mass is 16.4. The van der Waals surface area contributed by atoms with Crippen LogP contribution in [0.15, 0.2) is 21.2 Å². The molecule has 0 unspecified atom stereocenters. The number of aryl methyl sites for hydroxylation is 1. The monoisotopic (exact) mass is 193 g/mol. The van der Waals surface area contributed by atoms with Gasteiger partial charge in [-0.15, -0.1) is 0 Å². The summed E-state index contributed by atoms with van der Waals surface area (Å²) in [5, 5.41) is 0. The van der Waals surface area contributed by atoms with E-state index in [1.165, 1.54) is 0 Å². The molecule has 5 nitrogen and oxygen atoms in total. The zero-order valence-corrected chi connectivity index (χ0v) is 7.86. The van der Waals surface area contributed by atoms with E-state index in [1.807, 2.05) is 6.92 Å². The maximum atomic E-state index is 5.38. The maximum absolute atomic E-state index is 5.38. The van der Waals surface area contributed by atoms with Crippen LogP contribution in [0.4, 0.5) is 0 Å². The SMILES string of the molecule is Cc1cnc(-c2cnc(CCN)o2)o1. The Morgan fingerprint density at radius 1 is 1.29 bits per heavy atom. The van der Waals surface area contributed by atoms with Crippen molar-refractivity contribution in [3.8, 4) is 11.7 Å². The van der Waals surface area contributed by atoms with Crippen LogP contribution in [0.25, 0.3) is 11.7 Å². The van der Waals surface area contributed by atoms with Gasteiger partial charge in [0.2, 0.25) is 5.76 Å². The van der Waals surface area contributed by atoms with Crippen molar-refractivity contribution in [3.63, 3.8) is 0 Å². The number of nitrogens with two attached hydrogens (primary N) is 1. The molecule has 2 aromatic heterocycles. The van der Waals surface area contributed by atoms with E-state index in [-0.39, 0.29) is 0 Å². The fourth-order valence-corrected chi connectivity index (χ4v) is 1.12. The molecule has 0 saturated heterocycles. The van der Waals surface area contributed by atoms with Crippen molar-refractivity contribution in [3.05, 3.63) is 24.0 Å². The van der Waals surface area contributed by atoms with E-state index in [9.17, 15) is 0 Å². The van der Waals surface area contributed by atoms with Crippen LogP contribution in [0.3, 0.4) is 0 Å². The highest BCUT2D eigenvalue weighted by molar-refractivity contribution is 5.42. The third kappa shape index (κ3) is 1.67. The topological polar surface area (TPSA) is 78.1 Å². The molecular weight excluding hydrogens is 182 g/mol. The van der Waals surface area contributed by atoms with E-state index in [0.29, 0.717) is 30.5 Å². The molecule has 74 valence electrons. The standard InChI is InChI=1S/C9H11N3O2/c1-6-4-12-9(13-6)7-5-11-8(14-7)2-3-10/h4-5H,2-3,10H2,1H3. The van der Waals surface area contributed by atoms with E-state index in [2.05, 4.69) is 9.97 Å². The minimum absolute atomic E-state index is 0.457. The number of aromatic nitrogens is 2. The molecule has 2 heterocycles. The van der Waals surface area contributed by atoms with Crippen LogP contribution in [0.5, 0.6) is 0 Å². The zero-order chi connectivity index (χ0) is 9.97. The van der Waals surface area contributed by atoms with Gasteiger partial charge in [0.25, 0.3) is 5.89 Å². The molecular formula is C9H11N3O2. The number of hydrogen-bond donors (Lipinski definition) is 1. The first-order valence-corrected chi connectivity index (χ1v) is 4.37. The van der Waals surface area contributed by atoms with Crippen LogP contribution < -0.4 is 5.73 Å². The number of oxazole rings is 2. The number of rotatable bonds is 3. The summed E-state index contributed by atoms with van der Waals surface area (Å²) in [5.74, 6) is 2.36. The van der Waals surface area contributed by atoms with Crippen molar-refractivity contribution < 1.29 is 8.83 Å². The lowest BCUT2D eigenvalue weighted by Crippen LogP contribution is -2.02. The number of hydrogen-bond acceptors (Lipinski definition) is 5. The fraction of sp³-hybridized carbons (Fsp3) is 0.333. The molecule has 2 N–H and O–H groups in total. The van der Waals surface area contributed by atoms with Crippen LogP contribution >= 0.6 is 0 Å². The minimum atomic E-state index is 0.457. The average molecular weight is 193 g/mol. The van der Waals surface area contributed by atoms with Gasteiger partial charge in [0.1, 0.15) is 5.76 Å². The Labute approximate surface area is 81.0 Å². The van der Waals surface area contributed by atoms with Gasteiger partial charge in [0.05, 0.1) is 12.4 Å². The number of nitrogens with zero attached hydrogens (tertiary/aromatic N) is 2. The second-order valence-electron chi connectivity index (χ2n) is 2.93. The van der Waals surface area contributed by atoms with Gasteiger partial charge in [-0.25, -0.2) is 9.97 Å². The molecule has 0 radical (unpaired) electrons. The van der Waals surface area contributed by atoms with Gasteiger partial charge in [0.15, 0.2) is 5.89 Å². The van der Waals surface area contributed by atoms with E-state index < -0.39 is 0 Å². The second-order valence-corrected chi connectivity index (χ2v) is 2.93. The van der Waals surface area contributed by atoms with Gasteiger partial charge >= 0.3 is 0 Å². The van der Waals surface area contributed by atoms with Crippen molar-refractivity contribution in [1.82, 2.24) is 9.97 Å². The lowest BCUT2D eigenvalue weighted by atomic mass is 10.4. The fourth-order valence-electron chi connectivity index (χ4n) is 1.12. The maximum Gasteiger partial charge on any atom is 0.264 e. The Hall–Kier alpha value is -1.62. The van der Waals surface area contributed by atoms with Crippen LogP contribution in [-0.4, -0.2) is 16.5 Å². The van der Waals surface area contributed by atoms with E-state index in [4.69, 9.17) is 14.6 Å². The van der Waals surface area contributed by atoms with Crippen molar-refractivity contribution in [2.75, 3.05) is 6.54 Å². The highest BCUT2D eigenvalue weighted by Gasteiger charge is 2.10. The smallest absolute Gasteiger partial charge is 0.264 e. The molecule has 14 heavy (non-hydrogen) atoms. The Morgan fingerprint density at radius 2 is 2.14 bits per heavy atom. The lowest BCUT2D eigenvalue weighted by Gasteiger charge is -1.88. The molecule has 5 heteroatoms. The summed E-state index contributed by atoms with van der Waals surface area (Å²) in [6.07, 6.45) is 3.86. The molecule has 2 rings (SSSR count). The Balaban J connectivity index is 2.24. The van der Waals surface area contributed by atoms with Crippen molar-refractivity contribution >= 4 is 0 Å². The summed E-state index contributed by atoms with van der Waals surface area (Å²) < 4.78 is 10.7. The third-order valence-corrected chi connectivity index (χ3v) is 1.74. The Morgan fingerprint density at radius 3 is 2.79 bits per heavy atom. The molecule has 0 fully saturated rings. The summed E-state index contributed by atoms with van der Waals surface area (Å²) in [6.45, 7) is 2.35. The molecule has 0 atom stereocenters. The quantitative estimate of drug-likeness (QED) is 0.790. The molecule has 2 aromatic rings. The Bertz CT molecular complexity index is 419. The van der Waals surface area contributed by atoms with Crippen molar-refractivity contribution in [1.29, 1.82) is 0 Å². The van der Waals surface area contributed by atoms with Crippen molar-refractivity contribution in [2.24, 2.45) is 5.73 Å². The van der Waals surface area contributed by atoms with E-state index >= 15 is 0 Å². The summed E-state index contributed by atoms with van der Waals surface area (Å²) in [7, 11) is 0. The van der Waals surface area contributed by atoms with Gasteiger partial charge in [-0.05, 0) is 6.92 Å². The summed E-state index contributed by atoms with van der Waals surface area (Å²) in [5.41, 5.74) is 5.37. The van der Waals surface area contributed by atoms with Crippen LogP contribution in [0.1, 0.15) is 11.7 Å². The third-order valence-electron chi connectivity index (χ3n) is 1.74. The van der Waals surface area contributed by atoms with Crippen LogP contribution in [0, 0.1) is 6.92 Å². The van der Waals surface area contributed by atoms with Crippen molar-refractivity contribution in [2.45, 2.75) is 13.3 Å². The predicted octanol–water partition coefficient (Wildman–Crippen LogP) is 1.14.